The van der Waals surface area contributed by atoms with Gasteiger partial charge < -0.3 is 4.74 Å². The maximum absolute atomic E-state index is 13.5. The van der Waals surface area contributed by atoms with E-state index in [0.29, 0.717) is 27.1 Å². The van der Waals surface area contributed by atoms with E-state index in [9.17, 15) is 9.59 Å². The van der Waals surface area contributed by atoms with Crippen LogP contribution in [0.25, 0.3) is 11.1 Å². The van der Waals surface area contributed by atoms with Crippen LogP contribution in [0, 0.1) is 0 Å². The van der Waals surface area contributed by atoms with Crippen molar-refractivity contribution in [3.8, 4) is 5.75 Å². The monoisotopic (exact) mass is 400 g/mol. The third-order valence-corrected chi connectivity index (χ3v) is 6.64. The van der Waals surface area contributed by atoms with E-state index in [2.05, 4.69) is 6.08 Å². The lowest BCUT2D eigenvalue weighted by molar-refractivity contribution is -0.122. The van der Waals surface area contributed by atoms with Crippen LogP contribution in [0.4, 0.5) is 5.69 Å². The fourth-order valence-electron chi connectivity index (χ4n) is 4.05. The first-order chi connectivity index (χ1) is 12.7. The van der Waals surface area contributed by atoms with Gasteiger partial charge in [-0.25, -0.2) is 0 Å². The SMILES string of the molecule is CCN1C(=O)/C(=C2\C(=O)N3c4c(cc(OC)cc42)C(C)=CC3(C)C)SC1=S. The number of likely N-dealkylation sites (N-methyl/N-ethyl adjacent to an activating group) is 1. The van der Waals surface area contributed by atoms with Crippen molar-refractivity contribution in [3.05, 3.63) is 34.2 Å². The van der Waals surface area contributed by atoms with Crippen LogP contribution in [0.15, 0.2) is 23.1 Å². The molecule has 3 aliphatic heterocycles. The van der Waals surface area contributed by atoms with Gasteiger partial charge in [-0.05, 0) is 45.4 Å². The number of ether oxygens (including phenoxy) is 1. The van der Waals surface area contributed by atoms with E-state index in [0.717, 1.165) is 22.4 Å². The number of anilines is 1. The van der Waals surface area contributed by atoms with Gasteiger partial charge in [-0.2, -0.15) is 0 Å². The predicted molar refractivity (Wildman–Crippen MR) is 113 cm³/mol. The molecule has 0 unspecified atom stereocenters. The average Bonchev–Trinajstić information content (AvgIpc) is 3.05. The molecule has 0 bridgehead atoms. The van der Waals surface area contributed by atoms with Gasteiger partial charge in [-0.1, -0.05) is 30.1 Å². The molecule has 7 heteroatoms. The molecule has 1 aromatic rings. The molecule has 1 fully saturated rings. The Kier molecular flexibility index (Phi) is 4.01. The first-order valence-corrected chi connectivity index (χ1v) is 9.98. The Morgan fingerprint density at radius 1 is 1.19 bits per heavy atom. The maximum Gasteiger partial charge on any atom is 0.266 e. The molecular formula is C20H20N2O3S2. The van der Waals surface area contributed by atoms with Crippen LogP contribution < -0.4 is 9.64 Å². The van der Waals surface area contributed by atoms with Gasteiger partial charge in [0.05, 0.1) is 28.8 Å². The molecule has 1 aromatic carbocycles. The van der Waals surface area contributed by atoms with Crippen LogP contribution in [0.3, 0.4) is 0 Å². The lowest BCUT2D eigenvalue weighted by atomic mass is 9.89. The number of rotatable bonds is 2. The largest absolute Gasteiger partial charge is 0.497 e. The zero-order valence-electron chi connectivity index (χ0n) is 15.9. The standard InChI is InChI=1S/C20H20N2O3S2/c1-6-21-18(24)16(27-19(21)26)14-13-8-11(25-5)7-12-10(2)9-20(3,4)22(15(12)13)17(14)23/h7-9H,6H2,1-5H3/b16-14+. The summed E-state index contributed by atoms with van der Waals surface area (Å²) in [5.41, 5.74) is 3.57. The van der Waals surface area contributed by atoms with Crippen molar-refractivity contribution in [1.82, 2.24) is 4.90 Å². The van der Waals surface area contributed by atoms with E-state index in [4.69, 9.17) is 17.0 Å². The second kappa shape index (κ2) is 5.94. The molecule has 4 rings (SSSR count). The van der Waals surface area contributed by atoms with Crippen molar-refractivity contribution in [3.63, 3.8) is 0 Å². The van der Waals surface area contributed by atoms with Crippen molar-refractivity contribution in [2.75, 3.05) is 18.6 Å². The summed E-state index contributed by atoms with van der Waals surface area (Å²) in [6, 6.07) is 3.79. The Balaban J connectivity index is 2.04. The number of allylic oxidation sites excluding steroid dienone is 1. The quantitative estimate of drug-likeness (QED) is 0.558. The number of benzene rings is 1. The second-order valence-electron chi connectivity index (χ2n) is 7.31. The highest BCUT2D eigenvalue weighted by atomic mass is 32.2. The molecule has 0 spiro atoms. The normalized spacial score (nSPS) is 23.1. The Labute approximate surface area is 168 Å². The minimum absolute atomic E-state index is 0.162. The number of hydrogen-bond donors (Lipinski definition) is 0. The zero-order chi connectivity index (χ0) is 19.7. The van der Waals surface area contributed by atoms with E-state index in [1.807, 2.05) is 39.8 Å². The van der Waals surface area contributed by atoms with Crippen LogP contribution in [0.1, 0.15) is 38.8 Å². The van der Waals surface area contributed by atoms with Crippen molar-refractivity contribution in [1.29, 1.82) is 0 Å². The van der Waals surface area contributed by atoms with Crippen molar-refractivity contribution >= 4 is 56.9 Å². The summed E-state index contributed by atoms with van der Waals surface area (Å²) in [6.07, 6.45) is 2.08. The lowest BCUT2D eigenvalue weighted by Gasteiger charge is -2.38. The number of carbonyl (C=O) groups is 2. The van der Waals surface area contributed by atoms with Crippen LogP contribution in [0.5, 0.6) is 5.75 Å². The Bertz CT molecular complexity index is 991. The van der Waals surface area contributed by atoms with Crippen molar-refractivity contribution in [2.45, 2.75) is 33.2 Å². The van der Waals surface area contributed by atoms with Crippen LogP contribution in [-0.4, -0.2) is 40.2 Å². The summed E-state index contributed by atoms with van der Waals surface area (Å²) < 4.78 is 5.96. The van der Waals surface area contributed by atoms with E-state index in [1.165, 1.54) is 16.7 Å². The van der Waals surface area contributed by atoms with E-state index in [1.54, 1.807) is 12.0 Å². The second-order valence-corrected chi connectivity index (χ2v) is 8.96. The van der Waals surface area contributed by atoms with Gasteiger partial charge in [0, 0.05) is 17.7 Å². The smallest absolute Gasteiger partial charge is 0.266 e. The highest BCUT2D eigenvalue weighted by Crippen LogP contribution is 2.53. The van der Waals surface area contributed by atoms with Gasteiger partial charge in [0.2, 0.25) is 0 Å². The molecule has 0 atom stereocenters. The molecule has 3 aliphatic rings. The molecule has 27 heavy (non-hydrogen) atoms. The van der Waals surface area contributed by atoms with Gasteiger partial charge in [-0.15, -0.1) is 0 Å². The van der Waals surface area contributed by atoms with Gasteiger partial charge >= 0.3 is 0 Å². The molecule has 3 heterocycles. The Morgan fingerprint density at radius 3 is 2.44 bits per heavy atom. The molecule has 140 valence electrons. The van der Waals surface area contributed by atoms with Crippen molar-refractivity contribution < 1.29 is 14.3 Å². The van der Waals surface area contributed by atoms with Gasteiger partial charge in [-0.3, -0.25) is 19.4 Å². The average molecular weight is 401 g/mol. The van der Waals surface area contributed by atoms with Crippen LogP contribution in [0.2, 0.25) is 0 Å². The molecule has 0 aromatic heterocycles. The molecule has 0 saturated carbocycles. The number of methoxy groups -OCH3 is 1. The molecule has 0 N–H and O–H groups in total. The summed E-state index contributed by atoms with van der Waals surface area (Å²) in [5.74, 6) is 0.300. The highest BCUT2D eigenvalue weighted by molar-refractivity contribution is 8.26. The zero-order valence-corrected chi connectivity index (χ0v) is 17.5. The van der Waals surface area contributed by atoms with E-state index < -0.39 is 5.54 Å². The fourth-order valence-corrected chi connectivity index (χ4v) is 5.51. The van der Waals surface area contributed by atoms with Crippen LogP contribution >= 0.6 is 24.0 Å². The minimum Gasteiger partial charge on any atom is -0.497 e. The summed E-state index contributed by atoms with van der Waals surface area (Å²) in [6.45, 7) is 8.41. The summed E-state index contributed by atoms with van der Waals surface area (Å²) >= 11 is 6.56. The molecule has 0 aliphatic carbocycles. The topological polar surface area (TPSA) is 49.9 Å². The third-order valence-electron chi connectivity index (χ3n) is 5.19. The molecule has 0 radical (unpaired) electrons. The number of thioether (sulfide) groups is 1. The number of amides is 2. The highest BCUT2D eigenvalue weighted by Gasteiger charge is 2.48. The van der Waals surface area contributed by atoms with E-state index in [-0.39, 0.29) is 11.8 Å². The first kappa shape index (κ1) is 18.3. The molecule has 2 amide bonds. The van der Waals surface area contributed by atoms with Gasteiger partial charge in [0.15, 0.2) is 0 Å². The molecular weight excluding hydrogens is 380 g/mol. The third kappa shape index (κ3) is 2.41. The van der Waals surface area contributed by atoms with Gasteiger partial charge in [0.1, 0.15) is 10.1 Å². The minimum atomic E-state index is -0.489. The number of thiocarbonyl (C=S) groups is 1. The summed E-state index contributed by atoms with van der Waals surface area (Å²) in [5, 5.41) is 0. The van der Waals surface area contributed by atoms with Crippen LogP contribution in [-0.2, 0) is 9.59 Å². The van der Waals surface area contributed by atoms with E-state index >= 15 is 0 Å². The maximum atomic E-state index is 13.5. The first-order valence-electron chi connectivity index (χ1n) is 8.76. The number of carbonyl (C=O) groups excluding carboxylic acids is 2. The summed E-state index contributed by atoms with van der Waals surface area (Å²) in [7, 11) is 1.60. The number of nitrogens with zero attached hydrogens (tertiary/aromatic N) is 2. The molecule has 5 nitrogen and oxygen atoms in total. The number of hydrogen-bond acceptors (Lipinski definition) is 5. The lowest BCUT2D eigenvalue weighted by Crippen LogP contribution is -2.46. The Morgan fingerprint density at radius 2 is 1.85 bits per heavy atom. The Hall–Kier alpha value is -2.12. The molecule has 1 saturated heterocycles. The fraction of sp³-hybridized carbons (Fsp3) is 0.350. The predicted octanol–water partition coefficient (Wildman–Crippen LogP) is 3.83. The van der Waals surface area contributed by atoms with Gasteiger partial charge in [0.25, 0.3) is 11.8 Å². The van der Waals surface area contributed by atoms with Crippen molar-refractivity contribution in [2.24, 2.45) is 0 Å². The summed E-state index contributed by atoms with van der Waals surface area (Å²) in [4.78, 5) is 30.1.